The van der Waals surface area contributed by atoms with E-state index in [0.717, 1.165) is 22.5 Å². The lowest BCUT2D eigenvalue weighted by atomic mass is 10.00. The molecule has 1 aromatic carbocycles. The van der Waals surface area contributed by atoms with Crippen LogP contribution in [0.25, 0.3) is 11.3 Å². The van der Waals surface area contributed by atoms with Gasteiger partial charge in [0.1, 0.15) is 0 Å². The highest BCUT2D eigenvalue weighted by Gasteiger charge is 2.23. The molecule has 0 bridgehead atoms. The van der Waals surface area contributed by atoms with E-state index in [2.05, 4.69) is 15.5 Å². The predicted molar refractivity (Wildman–Crippen MR) is 59.9 cm³/mol. The summed E-state index contributed by atoms with van der Waals surface area (Å²) >= 11 is 0. The second-order valence-corrected chi connectivity index (χ2v) is 3.69. The molecule has 3 rings (SSSR count). The Hall–Kier alpha value is -2.30. The highest BCUT2D eigenvalue weighted by molar-refractivity contribution is 5.95. The summed E-state index contributed by atoms with van der Waals surface area (Å²) < 4.78 is 0. The Bertz CT molecular complexity index is 573. The number of hydrogen-bond donors (Lipinski definition) is 3. The highest BCUT2D eigenvalue weighted by Crippen LogP contribution is 2.34. The van der Waals surface area contributed by atoms with Gasteiger partial charge in [0.2, 0.25) is 0 Å². The Balaban J connectivity index is 2.23. The van der Waals surface area contributed by atoms with E-state index in [1.807, 2.05) is 24.3 Å². The molecule has 1 aliphatic rings. The topological polar surface area (TPSA) is 83.8 Å². The number of benzene rings is 1. The van der Waals surface area contributed by atoms with Crippen molar-refractivity contribution in [3.63, 3.8) is 0 Å². The van der Waals surface area contributed by atoms with Gasteiger partial charge < -0.3 is 11.1 Å². The van der Waals surface area contributed by atoms with Crippen LogP contribution < -0.4 is 11.1 Å². The van der Waals surface area contributed by atoms with Crippen molar-refractivity contribution in [1.82, 2.24) is 10.2 Å². The molecule has 1 aliphatic heterocycles. The lowest BCUT2D eigenvalue weighted by Gasteiger charge is -2.17. The molecule has 1 amide bonds. The summed E-state index contributed by atoms with van der Waals surface area (Å²) in [6.45, 7) is 0.571. The van der Waals surface area contributed by atoms with Crippen molar-refractivity contribution in [3.05, 3.63) is 35.5 Å². The van der Waals surface area contributed by atoms with Crippen LogP contribution in [0.1, 0.15) is 16.1 Å². The van der Waals surface area contributed by atoms with E-state index in [-0.39, 0.29) is 0 Å². The van der Waals surface area contributed by atoms with Gasteiger partial charge in [-0.1, -0.05) is 18.2 Å². The number of fused-ring (bicyclic) bond motifs is 3. The van der Waals surface area contributed by atoms with Gasteiger partial charge in [0, 0.05) is 23.4 Å². The van der Waals surface area contributed by atoms with E-state index in [0.29, 0.717) is 12.2 Å². The van der Waals surface area contributed by atoms with Gasteiger partial charge in [-0.25, -0.2) is 0 Å². The fraction of sp³-hybridized carbons (Fsp3) is 0.0909. The Morgan fingerprint density at radius 2 is 2.19 bits per heavy atom. The third kappa shape index (κ3) is 1.11. The molecule has 0 saturated carbocycles. The largest absolute Gasteiger partial charge is 0.380 e. The molecular formula is C11H10N4O. The molecule has 1 aromatic heterocycles. The zero-order valence-electron chi connectivity index (χ0n) is 8.45. The number of aromatic nitrogens is 2. The smallest absolute Gasteiger partial charge is 0.269 e. The van der Waals surface area contributed by atoms with Crippen molar-refractivity contribution < 1.29 is 4.79 Å². The number of aromatic amines is 1. The van der Waals surface area contributed by atoms with Gasteiger partial charge >= 0.3 is 0 Å². The third-order valence-corrected chi connectivity index (χ3v) is 2.75. The van der Waals surface area contributed by atoms with E-state index in [9.17, 15) is 4.79 Å². The van der Waals surface area contributed by atoms with Crippen molar-refractivity contribution >= 4 is 11.6 Å². The number of para-hydroxylation sites is 1. The van der Waals surface area contributed by atoms with Crippen LogP contribution in [-0.2, 0) is 6.54 Å². The Morgan fingerprint density at radius 3 is 3.00 bits per heavy atom. The monoisotopic (exact) mass is 214 g/mol. The standard InChI is InChI=1S/C11H10N4O/c12-11(16)10-7-5-13-8-4-2-1-3-6(8)9(7)14-15-10/h1-4,13H,5H2,(H2,12,16)(H,14,15). The molecule has 0 unspecified atom stereocenters. The van der Waals surface area contributed by atoms with Crippen molar-refractivity contribution in [2.45, 2.75) is 6.54 Å². The molecule has 0 atom stereocenters. The lowest BCUT2D eigenvalue weighted by molar-refractivity contribution is 0.0994. The molecule has 0 aliphatic carbocycles. The molecule has 80 valence electrons. The van der Waals surface area contributed by atoms with Crippen LogP contribution in [0.3, 0.4) is 0 Å². The minimum Gasteiger partial charge on any atom is -0.380 e. The molecule has 2 heterocycles. The average molecular weight is 214 g/mol. The minimum absolute atomic E-state index is 0.317. The number of rotatable bonds is 1. The van der Waals surface area contributed by atoms with Crippen LogP contribution in [0.15, 0.2) is 24.3 Å². The average Bonchev–Trinajstić information content (AvgIpc) is 2.73. The van der Waals surface area contributed by atoms with E-state index in [1.165, 1.54) is 0 Å². The van der Waals surface area contributed by atoms with Gasteiger partial charge in [-0.2, -0.15) is 5.10 Å². The number of carbonyl (C=O) groups is 1. The van der Waals surface area contributed by atoms with Crippen molar-refractivity contribution in [1.29, 1.82) is 0 Å². The van der Waals surface area contributed by atoms with Crippen molar-refractivity contribution in [2.75, 3.05) is 5.32 Å². The fourth-order valence-corrected chi connectivity index (χ4v) is 2.00. The number of primary amides is 1. The molecule has 16 heavy (non-hydrogen) atoms. The van der Waals surface area contributed by atoms with E-state index in [4.69, 9.17) is 5.73 Å². The minimum atomic E-state index is -0.501. The summed E-state index contributed by atoms with van der Waals surface area (Å²) in [4.78, 5) is 11.2. The van der Waals surface area contributed by atoms with Crippen LogP contribution in [0.2, 0.25) is 0 Å². The summed E-state index contributed by atoms with van der Waals surface area (Å²) in [7, 11) is 0. The first-order chi connectivity index (χ1) is 7.77. The first-order valence-corrected chi connectivity index (χ1v) is 4.97. The molecule has 4 N–H and O–H groups in total. The van der Waals surface area contributed by atoms with Gasteiger partial charge in [0.25, 0.3) is 5.91 Å². The van der Waals surface area contributed by atoms with Gasteiger partial charge in [0.05, 0.1) is 5.69 Å². The van der Waals surface area contributed by atoms with Crippen LogP contribution in [-0.4, -0.2) is 16.1 Å². The zero-order valence-corrected chi connectivity index (χ0v) is 8.45. The number of anilines is 1. The summed E-state index contributed by atoms with van der Waals surface area (Å²) in [5.41, 5.74) is 9.34. The molecule has 0 fully saturated rings. The SMILES string of the molecule is NC(=O)c1n[nH]c2c1CNc1ccccc1-2. The number of H-pyrrole nitrogens is 1. The van der Waals surface area contributed by atoms with Crippen molar-refractivity contribution in [2.24, 2.45) is 5.73 Å². The maximum atomic E-state index is 11.2. The molecule has 0 radical (unpaired) electrons. The predicted octanol–water partition coefficient (Wildman–Crippen LogP) is 1.10. The van der Waals surface area contributed by atoms with Crippen LogP contribution in [0.4, 0.5) is 5.69 Å². The summed E-state index contributed by atoms with van der Waals surface area (Å²) in [6.07, 6.45) is 0. The second kappa shape index (κ2) is 3.10. The Kier molecular flexibility index (Phi) is 1.73. The quantitative estimate of drug-likeness (QED) is 0.664. The highest BCUT2D eigenvalue weighted by atomic mass is 16.1. The van der Waals surface area contributed by atoms with Gasteiger partial charge in [-0.3, -0.25) is 9.89 Å². The molecule has 2 aromatic rings. The molecule has 0 spiro atoms. The Morgan fingerprint density at radius 1 is 1.38 bits per heavy atom. The van der Waals surface area contributed by atoms with Gasteiger partial charge in [-0.15, -0.1) is 0 Å². The number of nitrogens with one attached hydrogen (secondary N) is 2. The van der Waals surface area contributed by atoms with Gasteiger partial charge in [0.15, 0.2) is 5.69 Å². The molecule has 0 saturated heterocycles. The maximum absolute atomic E-state index is 11.2. The molecular weight excluding hydrogens is 204 g/mol. The van der Waals surface area contributed by atoms with Gasteiger partial charge in [-0.05, 0) is 6.07 Å². The maximum Gasteiger partial charge on any atom is 0.269 e. The first-order valence-electron chi connectivity index (χ1n) is 4.97. The number of amides is 1. The second-order valence-electron chi connectivity index (χ2n) is 3.69. The van der Waals surface area contributed by atoms with E-state index in [1.54, 1.807) is 0 Å². The van der Waals surface area contributed by atoms with Crippen LogP contribution in [0, 0.1) is 0 Å². The van der Waals surface area contributed by atoms with Crippen molar-refractivity contribution in [3.8, 4) is 11.3 Å². The summed E-state index contributed by atoms with van der Waals surface area (Å²) in [5.74, 6) is -0.501. The van der Waals surface area contributed by atoms with E-state index >= 15 is 0 Å². The summed E-state index contributed by atoms with van der Waals surface area (Å²) in [6, 6.07) is 7.87. The normalized spacial score (nSPS) is 12.5. The zero-order chi connectivity index (χ0) is 11.1. The lowest BCUT2D eigenvalue weighted by Crippen LogP contribution is -2.16. The number of hydrogen-bond acceptors (Lipinski definition) is 3. The summed E-state index contributed by atoms with van der Waals surface area (Å²) in [5, 5.41) is 10.1. The number of carbonyl (C=O) groups excluding carboxylic acids is 1. The first kappa shape index (κ1) is 8.96. The van der Waals surface area contributed by atoms with Crippen LogP contribution in [0.5, 0.6) is 0 Å². The van der Waals surface area contributed by atoms with E-state index < -0.39 is 5.91 Å². The third-order valence-electron chi connectivity index (χ3n) is 2.75. The fourth-order valence-electron chi connectivity index (χ4n) is 2.00. The number of nitrogens with zero attached hydrogens (tertiary/aromatic N) is 1. The van der Waals surface area contributed by atoms with Crippen LogP contribution >= 0.6 is 0 Å². The Labute approximate surface area is 91.7 Å². The molecule has 5 nitrogen and oxygen atoms in total. The number of nitrogens with two attached hydrogens (primary N) is 1. The molecule has 5 heteroatoms.